The van der Waals surface area contributed by atoms with Crippen molar-refractivity contribution in [3.63, 3.8) is 0 Å². The fourth-order valence-electron chi connectivity index (χ4n) is 3.42. The smallest absolute Gasteiger partial charge is 0.326 e. The average Bonchev–Trinajstić information content (AvgIpc) is 3.38. The topological polar surface area (TPSA) is 330 Å². The molecule has 0 fully saturated rings. The maximum atomic E-state index is 13.1. The largest absolute Gasteiger partial charge is 0.480 e. The number of nitrogens with zero attached hydrogens (tertiary/aromatic N) is 2. The Morgan fingerprint density at radius 3 is 1.82 bits per heavy atom. The molecule has 0 aromatic carbocycles. The van der Waals surface area contributed by atoms with Crippen molar-refractivity contribution in [1.82, 2.24) is 25.9 Å². The number of carbonyl (C=O) groups is 6. The number of nitrogens with two attached hydrogens (primary N) is 5. The van der Waals surface area contributed by atoms with E-state index in [1.807, 2.05) is 0 Å². The van der Waals surface area contributed by atoms with Crippen molar-refractivity contribution in [3.05, 3.63) is 18.2 Å². The number of hydrogen-bond acceptors (Lipinski definition) is 9. The maximum Gasteiger partial charge on any atom is 0.326 e. The number of H-pyrrole nitrogens is 1. The molecule has 0 saturated carbocycles. The summed E-state index contributed by atoms with van der Waals surface area (Å²) in [6.07, 6.45) is 2.00. The zero-order valence-corrected chi connectivity index (χ0v) is 21.8. The number of nitrogens with one attached hydrogen (secondary N) is 4. The molecule has 0 bridgehead atoms. The number of aromatic amines is 1. The van der Waals surface area contributed by atoms with Gasteiger partial charge in [-0.1, -0.05) is 0 Å². The molecule has 4 atom stereocenters. The molecule has 1 aromatic rings. The Morgan fingerprint density at radius 2 is 1.38 bits per heavy atom. The minimum atomic E-state index is -1.41. The zero-order chi connectivity index (χ0) is 30.2. The number of rotatable bonds is 19. The summed E-state index contributed by atoms with van der Waals surface area (Å²) < 4.78 is 0. The van der Waals surface area contributed by atoms with Gasteiger partial charge in [-0.3, -0.25) is 29.0 Å². The second-order valence-corrected chi connectivity index (χ2v) is 8.87. The standard InChI is InChI=1S/C22H37N11O7/c23-12(8-11-9-28-10-30-11)18(36)31-13(3-5-16(24)34)19(37)32-14(4-6-17(25)35)20(38)33-15(21(39)40)2-1-7-29-22(26)27/h9-10,12-15H,1-8,23H2,(H2,24,34)(H2,25,35)(H,28,30)(H,31,36)(H,32,37)(H,33,38)(H,39,40)(H4,26,27,29). The molecule has 0 spiro atoms. The lowest BCUT2D eigenvalue weighted by Gasteiger charge is -2.25. The van der Waals surface area contributed by atoms with Crippen LogP contribution in [0.3, 0.4) is 0 Å². The molecule has 0 aliphatic heterocycles. The van der Waals surface area contributed by atoms with Crippen LogP contribution in [0.2, 0.25) is 0 Å². The molecule has 15 N–H and O–H groups in total. The number of aromatic nitrogens is 2. The molecule has 0 saturated heterocycles. The summed E-state index contributed by atoms with van der Waals surface area (Å²) in [7, 11) is 0. The van der Waals surface area contributed by atoms with E-state index in [0.717, 1.165) is 0 Å². The van der Waals surface area contributed by atoms with Crippen LogP contribution in [0.1, 0.15) is 44.2 Å². The zero-order valence-electron chi connectivity index (χ0n) is 21.8. The van der Waals surface area contributed by atoms with Crippen molar-refractivity contribution in [1.29, 1.82) is 0 Å². The summed E-state index contributed by atoms with van der Waals surface area (Å²) in [5.41, 5.74) is 27.3. The normalized spacial score (nSPS) is 13.6. The highest BCUT2D eigenvalue weighted by atomic mass is 16.4. The van der Waals surface area contributed by atoms with Gasteiger partial charge in [0.2, 0.25) is 29.5 Å². The van der Waals surface area contributed by atoms with Crippen LogP contribution in [0.15, 0.2) is 17.5 Å². The molecule has 4 unspecified atom stereocenters. The Morgan fingerprint density at radius 1 is 0.850 bits per heavy atom. The van der Waals surface area contributed by atoms with Gasteiger partial charge in [-0.25, -0.2) is 9.78 Å². The minimum Gasteiger partial charge on any atom is -0.480 e. The number of imidazole rings is 1. The first-order valence-corrected chi connectivity index (χ1v) is 12.3. The van der Waals surface area contributed by atoms with Crippen LogP contribution in [0, 0.1) is 0 Å². The predicted molar refractivity (Wildman–Crippen MR) is 140 cm³/mol. The molecule has 1 aromatic heterocycles. The number of aliphatic carboxylic acids is 1. The van der Waals surface area contributed by atoms with Crippen molar-refractivity contribution in [3.8, 4) is 0 Å². The van der Waals surface area contributed by atoms with E-state index in [1.165, 1.54) is 12.5 Å². The maximum absolute atomic E-state index is 13.1. The lowest BCUT2D eigenvalue weighted by Crippen LogP contribution is -2.57. The molecular weight excluding hydrogens is 530 g/mol. The van der Waals surface area contributed by atoms with Crippen molar-refractivity contribution in [2.24, 2.45) is 33.7 Å². The second kappa shape index (κ2) is 17.0. The molecule has 0 aliphatic carbocycles. The van der Waals surface area contributed by atoms with E-state index < -0.39 is 59.7 Å². The molecular formula is C22H37N11O7. The third-order valence-electron chi connectivity index (χ3n) is 5.52. The number of aliphatic imine (C=N–C) groups is 1. The van der Waals surface area contributed by atoms with E-state index in [2.05, 4.69) is 30.9 Å². The van der Waals surface area contributed by atoms with Gasteiger partial charge in [0, 0.05) is 37.7 Å². The number of carbonyl (C=O) groups excluding carboxylic acids is 5. The van der Waals surface area contributed by atoms with Gasteiger partial charge in [0.15, 0.2) is 5.96 Å². The Kier molecular flexibility index (Phi) is 14.1. The van der Waals surface area contributed by atoms with Gasteiger partial charge < -0.3 is 54.7 Å². The van der Waals surface area contributed by atoms with E-state index in [9.17, 15) is 33.9 Å². The van der Waals surface area contributed by atoms with Crippen molar-refractivity contribution in [2.45, 2.75) is 69.1 Å². The number of guanidine groups is 1. The molecule has 18 heteroatoms. The van der Waals surface area contributed by atoms with Crippen LogP contribution >= 0.6 is 0 Å². The second-order valence-electron chi connectivity index (χ2n) is 8.87. The van der Waals surface area contributed by atoms with Gasteiger partial charge in [0.25, 0.3) is 0 Å². The first kappa shape index (κ1) is 33.3. The van der Waals surface area contributed by atoms with Gasteiger partial charge >= 0.3 is 5.97 Å². The monoisotopic (exact) mass is 567 g/mol. The molecule has 0 aliphatic rings. The summed E-state index contributed by atoms with van der Waals surface area (Å²) in [4.78, 5) is 83.4. The summed E-state index contributed by atoms with van der Waals surface area (Å²) in [6.45, 7) is 0.119. The minimum absolute atomic E-state index is 0.0418. The Hall–Kier alpha value is -4.74. The van der Waals surface area contributed by atoms with Gasteiger partial charge in [0.05, 0.1) is 12.4 Å². The fourth-order valence-corrected chi connectivity index (χ4v) is 3.42. The van der Waals surface area contributed by atoms with Gasteiger partial charge in [-0.05, 0) is 25.7 Å². The number of amides is 5. The van der Waals surface area contributed by atoms with Crippen molar-refractivity contribution >= 4 is 41.5 Å². The van der Waals surface area contributed by atoms with Crippen LogP contribution in [-0.2, 0) is 35.2 Å². The van der Waals surface area contributed by atoms with E-state index in [0.29, 0.717) is 5.69 Å². The summed E-state index contributed by atoms with van der Waals surface area (Å²) in [5, 5.41) is 16.6. The number of carboxylic acids is 1. The van der Waals surface area contributed by atoms with E-state index in [1.54, 1.807) is 0 Å². The third kappa shape index (κ3) is 13.2. The van der Waals surface area contributed by atoms with E-state index in [-0.39, 0.29) is 57.5 Å². The molecule has 222 valence electrons. The van der Waals surface area contributed by atoms with Crippen LogP contribution in [0.25, 0.3) is 0 Å². The fraction of sp³-hybridized carbons (Fsp3) is 0.545. The van der Waals surface area contributed by atoms with Gasteiger partial charge in [0.1, 0.15) is 18.1 Å². The van der Waals surface area contributed by atoms with E-state index >= 15 is 0 Å². The quantitative estimate of drug-likeness (QED) is 0.0430. The van der Waals surface area contributed by atoms with Crippen LogP contribution < -0.4 is 44.6 Å². The Labute approximate surface area is 229 Å². The SMILES string of the molecule is NC(=O)CCC(NC(=O)C(N)Cc1cnc[nH]1)C(=O)NC(CCC(N)=O)C(=O)NC(CCCN=C(N)N)C(=O)O. The molecule has 0 radical (unpaired) electrons. The van der Waals surface area contributed by atoms with Gasteiger partial charge in [-0.15, -0.1) is 0 Å². The van der Waals surface area contributed by atoms with Crippen LogP contribution in [-0.4, -0.2) is 87.3 Å². The molecule has 40 heavy (non-hydrogen) atoms. The van der Waals surface area contributed by atoms with Crippen molar-refractivity contribution in [2.75, 3.05) is 6.54 Å². The van der Waals surface area contributed by atoms with Gasteiger partial charge in [-0.2, -0.15) is 0 Å². The number of carboxylic acid groups (broad SMARTS) is 1. The Balaban J connectivity index is 2.99. The van der Waals surface area contributed by atoms with Crippen LogP contribution in [0.4, 0.5) is 0 Å². The summed E-state index contributed by atoms with van der Waals surface area (Å²) >= 11 is 0. The summed E-state index contributed by atoms with van der Waals surface area (Å²) in [6, 6.07) is -5.20. The lowest BCUT2D eigenvalue weighted by molar-refractivity contribution is -0.142. The highest BCUT2D eigenvalue weighted by molar-refractivity contribution is 5.94. The highest BCUT2D eigenvalue weighted by Crippen LogP contribution is 2.06. The molecule has 1 rings (SSSR count). The first-order chi connectivity index (χ1) is 18.8. The lowest BCUT2D eigenvalue weighted by atomic mass is 10.0. The van der Waals surface area contributed by atoms with Crippen molar-refractivity contribution < 1.29 is 33.9 Å². The molecule has 1 heterocycles. The van der Waals surface area contributed by atoms with E-state index in [4.69, 9.17) is 28.7 Å². The summed E-state index contributed by atoms with van der Waals surface area (Å²) in [5.74, 6) is -5.60. The number of hydrogen-bond donors (Lipinski definition) is 10. The average molecular weight is 568 g/mol. The molecule has 5 amide bonds. The highest BCUT2D eigenvalue weighted by Gasteiger charge is 2.30. The third-order valence-corrected chi connectivity index (χ3v) is 5.52. The molecule has 18 nitrogen and oxygen atoms in total. The predicted octanol–water partition coefficient (Wildman–Crippen LogP) is -4.60. The first-order valence-electron chi connectivity index (χ1n) is 12.3. The Bertz CT molecular complexity index is 1060. The number of primary amides is 2. The van der Waals surface area contributed by atoms with Crippen LogP contribution in [0.5, 0.6) is 0 Å².